The number of rotatable bonds is 6. The summed E-state index contributed by atoms with van der Waals surface area (Å²) in [5.41, 5.74) is 5.71. The lowest BCUT2D eigenvalue weighted by atomic mass is 10.1. The molecule has 0 aliphatic carbocycles. The molecule has 2 rings (SSSR count). The van der Waals surface area contributed by atoms with Crippen molar-refractivity contribution < 1.29 is 0 Å². The van der Waals surface area contributed by atoms with E-state index in [2.05, 4.69) is 32.8 Å². The van der Waals surface area contributed by atoms with E-state index in [1.54, 1.807) is 18.1 Å². The van der Waals surface area contributed by atoms with Crippen LogP contribution in [0.4, 0.5) is 5.82 Å². The van der Waals surface area contributed by atoms with Crippen molar-refractivity contribution in [3.05, 3.63) is 12.4 Å². The average molecular weight is 295 g/mol. The third-order valence-corrected chi connectivity index (χ3v) is 4.60. The smallest absolute Gasteiger partial charge is 0.133 e. The Morgan fingerprint density at radius 2 is 2.05 bits per heavy atom. The van der Waals surface area contributed by atoms with E-state index in [0.29, 0.717) is 6.04 Å². The highest BCUT2D eigenvalue weighted by atomic mass is 32.2. The van der Waals surface area contributed by atoms with Gasteiger partial charge in [0, 0.05) is 38.3 Å². The molecule has 1 saturated heterocycles. The lowest BCUT2D eigenvalue weighted by Crippen LogP contribution is -2.50. The molecule has 1 unspecified atom stereocenters. The molecule has 112 valence electrons. The predicted octanol–water partition coefficient (Wildman–Crippen LogP) is 1.45. The summed E-state index contributed by atoms with van der Waals surface area (Å²) in [6.45, 7) is 7.29. The van der Waals surface area contributed by atoms with Crippen LogP contribution >= 0.6 is 11.8 Å². The van der Waals surface area contributed by atoms with Gasteiger partial charge in [-0.15, -0.1) is 11.8 Å². The summed E-state index contributed by atoms with van der Waals surface area (Å²) in [5.74, 6) is 1.05. The molecule has 0 bridgehead atoms. The fourth-order valence-electron chi connectivity index (χ4n) is 2.77. The lowest BCUT2D eigenvalue weighted by Gasteiger charge is -2.39. The van der Waals surface area contributed by atoms with Gasteiger partial charge in [0.2, 0.25) is 0 Å². The number of anilines is 1. The molecule has 1 aromatic heterocycles. The third kappa shape index (κ3) is 3.84. The molecule has 2 N–H and O–H groups in total. The highest BCUT2D eigenvalue weighted by Gasteiger charge is 2.23. The standard InChI is InChI=1S/C14H25N5S/c1-3-12(4-5-15)18-6-8-19(9-7-18)13-10-14(20-2)17-11-16-13/h10-12H,3-9,15H2,1-2H3. The van der Waals surface area contributed by atoms with Crippen LogP contribution in [0.15, 0.2) is 17.4 Å². The first-order chi connectivity index (χ1) is 9.78. The Kier molecular flexibility index (Phi) is 6.06. The molecule has 1 aromatic rings. The molecule has 6 heteroatoms. The van der Waals surface area contributed by atoms with Gasteiger partial charge < -0.3 is 10.6 Å². The van der Waals surface area contributed by atoms with E-state index >= 15 is 0 Å². The van der Waals surface area contributed by atoms with E-state index in [4.69, 9.17) is 5.73 Å². The number of hydrogen-bond acceptors (Lipinski definition) is 6. The van der Waals surface area contributed by atoms with E-state index in [1.807, 2.05) is 6.26 Å². The van der Waals surface area contributed by atoms with E-state index in [0.717, 1.165) is 50.0 Å². The maximum absolute atomic E-state index is 5.71. The molecule has 1 fully saturated rings. The Morgan fingerprint density at radius 1 is 1.30 bits per heavy atom. The first-order valence-corrected chi connectivity index (χ1v) is 8.56. The van der Waals surface area contributed by atoms with Gasteiger partial charge in [-0.2, -0.15) is 0 Å². The second-order valence-electron chi connectivity index (χ2n) is 5.08. The molecule has 1 aliphatic heterocycles. The minimum absolute atomic E-state index is 0.634. The van der Waals surface area contributed by atoms with Crippen LogP contribution in [0.5, 0.6) is 0 Å². The van der Waals surface area contributed by atoms with Crippen LogP contribution in [-0.2, 0) is 0 Å². The number of nitrogens with zero attached hydrogens (tertiary/aromatic N) is 4. The van der Waals surface area contributed by atoms with Crippen molar-refractivity contribution in [2.24, 2.45) is 5.73 Å². The number of aromatic nitrogens is 2. The Bertz CT molecular complexity index is 406. The molecular formula is C14H25N5S. The summed E-state index contributed by atoms with van der Waals surface area (Å²) in [5, 5.41) is 1.03. The van der Waals surface area contributed by atoms with E-state index < -0.39 is 0 Å². The van der Waals surface area contributed by atoms with Gasteiger partial charge in [0.25, 0.3) is 0 Å². The normalized spacial score (nSPS) is 18.2. The SMILES string of the molecule is CCC(CCN)N1CCN(c2cc(SC)ncn2)CC1. The summed E-state index contributed by atoms with van der Waals surface area (Å²) in [4.78, 5) is 13.6. The molecule has 0 amide bonds. The lowest BCUT2D eigenvalue weighted by molar-refractivity contribution is 0.173. The van der Waals surface area contributed by atoms with Gasteiger partial charge in [0.05, 0.1) is 0 Å². The molecular weight excluding hydrogens is 270 g/mol. The number of thioether (sulfide) groups is 1. The fourth-order valence-corrected chi connectivity index (χ4v) is 3.14. The molecule has 20 heavy (non-hydrogen) atoms. The van der Waals surface area contributed by atoms with Gasteiger partial charge >= 0.3 is 0 Å². The van der Waals surface area contributed by atoms with Crippen molar-refractivity contribution in [1.29, 1.82) is 0 Å². The van der Waals surface area contributed by atoms with Gasteiger partial charge in [-0.1, -0.05) is 6.92 Å². The Balaban J connectivity index is 1.93. The average Bonchev–Trinajstić information content (AvgIpc) is 2.53. The van der Waals surface area contributed by atoms with Crippen molar-refractivity contribution in [1.82, 2.24) is 14.9 Å². The van der Waals surface area contributed by atoms with Crippen molar-refractivity contribution in [2.75, 3.05) is 43.9 Å². The number of nitrogens with two attached hydrogens (primary N) is 1. The van der Waals surface area contributed by atoms with Gasteiger partial charge in [0.1, 0.15) is 17.2 Å². The topological polar surface area (TPSA) is 58.3 Å². The Hall–Kier alpha value is -0.850. The molecule has 0 aromatic carbocycles. The van der Waals surface area contributed by atoms with Gasteiger partial charge in [-0.3, -0.25) is 4.90 Å². The minimum Gasteiger partial charge on any atom is -0.354 e. The van der Waals surface area contributed by atoms with Crippen molar-refractivity contribution >= 4 is 17.6 Å². The monoisotopic (exact) mass is 295 g/mol. The number of hydrogen-bond donors (Lipinski definition) is 1. The zero-order chi connectivity index (χ0) is 14.4. The van der Waals surface area contributed by atoms with Crippen molar-refractivity contribution in [3.8, 4) is 0 Å². The zero-order valence-corrected chi connectivity index (χ0v) is 13.3. The van der Waals surface area contributed by atoms with Crippen molar-refractivity contribution in [3.63, 3.8) is 0 Å². The number of piperazine rings is 1. The first-order valence-electron chi connectivity index (χ1n) is 7.33. The highest BCUT2D eigenvalue weighted by Crippen LogP contribution is 2.20. The van der Waals surface area contributed by atoms with Crippen LogP contribution in [0, 0.1) is 0 Å². The summed E-state index contributed by atoms with van der Waals surface area (Å²) in [7, 11) is 0. The Labute approximate surface area is 125 Å². The van der Waals surface area contributed by atoms with Gasteiger partial charge in [0.15, 0.2) is 0 Å². The molecule has 2 heterocycles. The van der Waals surface area contributed by atoms with E-state index in [9.17, 15) is 0 Å². The van der Waals surface area contributed by atoms with Crippen LogP contribution in [0.25, 0.3) is 0 Å². The summed E-state index contributed by atoms with van der Waals surface area (Å²) in [6, 6.07) is 2.71. The maximum atomic E-state index is 5.71. The largest absolute Gasteiger partial charge is 0.354 e. The second-order valence-corrected chi connectivity index (χ2v) is 5.91. The van der Waals surface area contributed by atoms with Crippen LogP contribution in [0.2, 0.25) is 0 Å². The minimum atomic E-state index is 0.634. The zero-order valence-electron chi connectivity index (χ0n) is 12.5. The fraction of sp³-hybridized carbons (Fsp3) is 0.714. The van der Waals surface area contributed by atoms with Crippen LogP contribution in [0.3, 0.4) is 0 Å². The summed E-state index contributed by atoms with van der Waals surface area (Å²) < 4.78 is 0. The molecule has 0 saturated carbocycles. The van der Waals surface area contributed by atoms with Crippen LogP contribution in [-0.4, -0.2) is 59.9 Å². The molecule has 1 atom stereocenters. The van der Waals surface area contributed by atoms with Gasteiger partial charge in [-0.25, -0.2) is 9.97 Å². The highest BCUT2D eigenvalue weighted by molar-refractivity contribution is 7.98. The van der Waals surface area contributed by atoms with Crippen LogP contribution < -0.4 is 10.6 Å². The first kappa shape index (κ1) is 15.5. The van der Waals surface area contributed by atoms with Crippen molar-refractivity contribution in [2.45, 2.75) is 30.8 Å². The maximum Gasteiger partial charge on any atom is 0.133 e. The third-order valence-electron chi connectivity index (χ3n) is 3.96. The second kappa shape index (κ2) is 7.81. The predicted molar refractivity (Wildman–Crippen MR) is 85.3 cm³/mol. The quantitative estimate of drug-likeness (QED) is 0.633. The summed E-state index contributed by atoms with van der Waals surface area (Å²) >= 11 is 1.66. The molecule has 5 nitrogen and oxygen atoms in total. The Morgan fingerprint density at radius 3 is 2.65 bits per heavy atom. The van der Waals surface area contributed by atoms with Gasteiger partial charge in [-0.05, 0) is 25.6 Å². The van der Waals surface area contributed by atoms with Crippen LogP contribution in [0.1, 0.15) is 19.8 Å². The molecule has 0 radical (unpaired) electrons. The van der Waals surface area contributed by atoms with E-state index in [1.165, 1.54) is 6.42 Å². The molecule has 0 spiro atoms. The van der Waals surface area contributed by atoms with E-state index in [-0.39, 0.29) is 0 Å². The summed E-state index contributed by atoms with van der Waals surface area (Å²) in [6.07, 6.45) is 5.99. The molecule has 1 aliphatic rings.